The van der Waals surface area contributed by atoms with Gasteiger partial charge in [0.15, 0.2) is 10.8 Å². The van der Waals surface area contributed by atoms with Crippen LogP contribution in [0.25, 0.3) is 22.0 Å². The Kier molecular flexibility index (Phi) is 5.22. The fourth-order valence-electron chi connectivity index (χ4n) is 3.28. The highest BCUT2D eigenvalue weighted by molar-refractivity contribution is 7.16. The summed E-state index contributed by atoms with van der Waals surface area (Å²) < 4.78 is 0. The molecule has 0 saturated heterocycles. The van der Waals surface area contributed by atoms with E-state index < -0.39 is 5.91 Å². The molecule has 0 saturated carbocycles. The van der Waals surface area contributed by atoms with Crippen molar-refractivity contribution >= 4 is 33.1 Å². The molecule has 2 aromatic heterocycles. The molecule has 2 aromatic carbocycles. The summed E-state index contributed by atoms with van der Waals surface area (Å²) in [4.78, 5) is 30.3. The number of aryl methyl sites for hydroxylation is 2. The van der Waals surface area contributed by atoms with Gasteiger partial charge in [-0.3, -0.25) is 14.9 Å². The molecule has 4 rings (SSSR count). The minimum Gasteiger partial charge on any atom is -0.296 e. The van der Waals surface area contributed by atoms with Crippen LogP contribution in [0, 0.1) is 6.92 Å². The summed E-state index contributed by atoms with van der Waals surface area (Å²) in [7, 11) is 0. The van der Waals surface area contributed by atoms with Crippen molar-refractivity contribution in [3.05, 3.63) is 75.0 Å². The van der Waals surface area contributed by atoms with Crippen LogP contribution >= 0.6 is 11.3 Å². The molecule has 146 valence electrons. The van der Waals surface area contributed by atoms with Crippen LogP contribution in [0.2, 0.25) is 0 Å². The van der Waals surface area contributed by atoms with Crippen molar-refractivity contribution in [1.29, 1.82) is 0 Å². The van der Waals surface area contributed by atoms with Gasteiger partial charge in [0.2, 0.25) is 0 Å². The fraction of sp³-hybridized carbons (Fsp3) is 0.182. The van der Waals surface area contributed by atoms with Crippen LogP contribution in [0.5, 0.6) is 0 Å². The zero-order valence-electron chi connectivity index (χ0n) is 16.2. The van der Waals surface area contributed by atoms with Crippen LogP contribution in [0.15, 0.2) is 53.3 Å². The predicted octanol–water partition coefficient (Wildman–Crippen LogP) is 4.56. The maximum atomic E-state index is 12.8. The highest BCUT2D eigenvalue weighted by Gasteiger charge is 2.17. The lowest BCUT2D eigenvalue weighted by Gasteiger charge is -2.04. The molecule has 6 nitrogen and oxygen atoms in total. The van der Waals surface area contributed by atoms with Gasteiger partial charge in [0.05, 0.1) is 11.1 Å². The number of aromatic amines is 1. The van der Waals surface area contributed by atoms with Gasteiger partial charge in [-0.2, -0.15) is 5.10 Å². The van der Waals surface area contributed by atoms with Crippen molar-refractivity contribution in [2.45, 2.75) is 26.7 Å². The molecule has 0 aliphatic carbocycles. The highest BCUT2D eigenvalue weighted by atomic mass is 32.1. The van der Waals surface area contributed by atoms with Gasteiger partial charge < -0.3 is 0 Å². The first kappa shape index (κ1) is 19.0. The summed E-state index contributed by atoms with van der Waals surface area (Å²) in [5, 5.41) is 10.6. The van der Waals surface area contributed by atoms with E-state index in [-0.39, 0.29) is 11.3 Å². The van der Waals surface area contributed by atoms with Gasteiger partial charge in [-0.05, 0) is 25.0 Å². The van der Waals surface area contributed by atoms with Crippen LogP contribution in [-0.2, 0) is 6.42 Å². The van der Waals surface area contributed by atoms with E-state index in [1.165, 1.54) is 16.9 Å². The number of aromatic nitrogens is 3. The second-order valence-electron chi connectivity index (χ2n) is 6.77. The summed E-state index contributed by atoms with van der Waals surface area (Å²) >= 11 is 1.41. The van der Waals surface area contributed by atoms with Gasteiger partial charge >= 0.3 is 0 Å². The maximum Gasteiger partial charge on any atom is 0.278 e. The average Bonchev–Trinajstić information content (AvgIpc) is 3.09. The summed E-state index contributed by atoms with van der Waals surface area (Å²) in [5.74, 6) is -0.406. The van der Waals surface area contributed by atoms with E-state index >= 15 is 0 Å². The third-order valence-corrected chi connectivity index (χ3v) is 5.58. The number of fused-ring (bicyclic) bond motifs is 1. The number of rotatable bonds is 5. The number of hydrogen-bond donors (Lipinski definition) is 2. The monoisotopic (exact) mass is 404 g/mol. The van der Waals surface area contributed by atoms with Crippen molar-refractivity contribution in [1.82, 2.24) is 15.2 Å². The van der Waals surface area contributed by atoms with Gasteiger partial charge in [0.25, 0.3) is 11.5 Å². The third kappa shape index (κ3) is 3.82. The number of H-pyrrole nitrogens is 1. The second kappa shape index (κ2) is 7.97. The minimum absolute atomic E-state index is 0.165. The average molecular weight is 404 g/mol. The van der Waals surface area contributed by atoms with Crippen molar-refractivity contribution in [2.75, 3.05) is 5.32 Å². The molecule has 2 N–H and O–H groups in total. The number of anilines is 1. The van der Waals surface area contributed by atoms with Crippen LogP contribution in [0.4, 0.5) is 5.13 Å². The van der Waals surface area contributed by atoms with E-state index in [2.05, 4.69) is 51.7 Å². The molecule has 2 heterocycles. The number of nitrogens with one attached hydrogen (secondary N) is 2. The Balaban J connectivity index is 1.61. The lowest BCUT2D eigenvalue weighted by atomic mass is 10.1. The fourth-order valence-corrected chi connectivity index (χ4v) is 4.11. The van der Waals surface area contributed by atoms with Crippen LogP contribution in [0.1, 0.15) is 34.3 Å². The Bertz CT molecular complexity index is 1240. The highest BCUT2D eigenvalue weighted by Crippen LogP contribution is 2.31. The largest absolute Gasteiger partial charge is 0.296 e. The van der Waals surface area contributed by atoms with Crippen molar-refractivity contribution in [2.24, 2.45) is 0 Å². The third-order valence-electron chi connectivity index (χ3n) is 4.69. The van der Waals surface area contributed by atoms with Crippen molar-refractivity contribution in [3.63, 3.8) is 0 Å². The summed E-state index contributed by atoms with van der Waals surface area (Å²) in [6.07, 6.45) is 2.16. The summed E-state index contributed by atoms with van der Waals surface area (Å²) in [6, 6.07) is 15.3. The normalized spacial score (nSPS) is 11.0. The molecule has 0 bridgehead atoms. The quantitative estimate of drug-likeness (QED) is 0.510. The number of amides is 1. The number of thiazole rings is 1. The molecular formula is C22H20N4O2S. The summed E-state index contributed by atoms with van der Waals surface area (Å²) in [6.45, 7) is 4.14. The van der Waals surface area contributed by atoms with Gasteiger partial charge in [-0.25, -0.2) is 10.1 Å². The van der Waals surface area contributed by atoms with Crippen molar-refractivity contribution < 1.29 is 4.79 Å². The molecule has 0 atom stereocenters. The molecule has 1 amide bonds. The Labute approximate surface area is 171 Å². The molecule has 0 radical (unpaired) electrons. The predicted molar refractivity (Wildman–Crippen MR) is 117 cm³/mol. The molecule has 7 heteroatoms. The lowest BCUT2D eigenvalue weighted by Crippen LogP contribution is -2.19. The molecule has 0 unspecified atom stereocenters. The zero-order valence-corrected chi connectivity index (χ0v) is 17.0. The van der Waals surface area contributed by atoms with Gasteiger partial charge in [0, 0.05) is 15.8 Å². The lowest BCUT2D eigenvalue weighted by molar-refractivity contribution is 0.102. The Morgan fingerprint density at radius 1 is 1.10 bits per heavy atom. The van der Waals surface area contributed by atoms with Crippen LogP contribution in [-0.4, -0.2) is 21.1 Å². The number of hydrogen-bond acceptors (Lipinski definition) is 5. The van der Waals surface area contributed by atoms with Crippen LogP contribution in [0.3, 0.4) is 0 Å². The molecule has 0 aliphatic rings. The molecule has 0 spiro atoms. The topological polar surface area (TPSA) is 87.7 Å². The van der Waals surface area contributed by atoms with E-state index in [0.29, 0.717) is 15.9 Å². The molecule has 0 aliphatic heterocycles. The first-order valence-electron chi connectivity index (χ1n) is 9.42. The Hall–Kier alpha value is -3.32. The second-order valence-corrected chi connectivity index (χ2v) is 7.97. The Morgan fingerprint density at radius 2 is 1.83 bits per heavy atom. The SMILES string of the molecule is CCCc1ccc(-c2nc(NC(=O)c3n[nH]c(=O)c4ccccc34)sc2C)cc1. The Morgan fingerprint density at radius 3 is 2.55 bits per heavy atom. The maximum absolute atomic E-state index is 12.8. The molecule has 29 heavy (non-hydrogen) atoms. The summed E-state index contributed by atoms with van der Waals surface area (Å²) in [5.41, 5.74) is 3.02. The first-order chi connectivity index (χ1) is 14.1. The van der Waals surface area contributed by atoms with Gasteiger partial charge in [0.1, 0.15) is 0 Å². The van der Waals surface area contributed by atoms with E-state index in [9.17, 15) is 9.59 Å². The van der Waals surface area contributed by atoms with Gasteiger partial charge in [-0.15, -0.1) is 11.3 Å². The minimum atomic E-state index is -0.406. The number of benzene rings is 2. The standard InChI is InChI=1S/C22H20N4O2S/c1-3-6-14-9-11-15(12-10-14)18-13(2)29-22(23-18)24-21(28)19-16-7-4-5-8-17(16)20(27)26-25-19/h4-5,7-12H,3,6H2,1-2H3,(H,26,27)(H,23,24,28). The van der Waals surface area contributed by atoms with Crippen LogP contribution < -0.4 is 10.9 Å². The molecule has 4 aromatic rings. The number of nitrogens with zero attached hydrogens (tertiary/aromatic N) is 2. The zero-order chi connectivity index (χ0) is 20.4. The van der Waals surface area contributed by atoms with Gasteiger partial charge in [-0.1, -0.05) is 55.8 Å². The molecular weight excluding hydrogens is 384 g/mol. The molecule has 0 fully saturated rings. The first-order valence-corrected chi connectivity index (χ1v) is 10.2. The van der Waals surface area contributed by atoms with E-state index in [4.69, 9.17) is 0 Å². The van der Waals surface area contributed by atoms with E-state index in [1.807, 2.05) is 6.92 Å². The number of carbonyl (C=O) groups excluding carboxylic acids is 1. The van der Waals surface area contributed by atoms with E-state index in [0.717, 1.165) is 29.0 Å². The smallest absolute Gasteiger partial charge is 0.278 e. The van der Waals surface area contributed by atoms with E-state index in [1.54, 1.807) is 24.3 Å². The van der Waals surface area contributed by atoms with Crippen molar-refractivity contribution in [3.8, 4) is 11.3 Å². The number of carbonyl (C=O) groups is 1.